The molecule has 0 fully saturated rings. The van der Waals surface area contributed by atoms with Crippen molar-refractivity contribution in [1.29, 1.82) is 5.26 Å². The van der Waals surface area contributed by atoms with Crippen LogP contribution in [0.3, 0.4) is 0 Å². The van der Waals surface area contributed by atoms with E-state index in [1.807, 2.05) is 0 Å². The molecule has 0 unspecified atom stereocenters. The second-order valence-electron chi connectivity index (χ2n) is 3.06. The molecular formula is C8H5F6NS. The Bertz CT molecular complexity index is 471. The van der Waals surface area contributed by atoms with Crippen molar-refractivity contribution in [2.24, 2.45) is 0 Å². The first-order valence-electron chi connectivity index (χ1n) is 3.83. The molecule has 0 heterocycles. The minimum Gasteiger partial charge on any atom is -0.207 e. The number of hydrogen-bond acceptors (Lipinski definition) is 1. The van der Waals surface area contributed by atoms with Gasteiger partial charge in [-0.1, -0.05) is 25.5 Å². The van der Waals surface area contributed by atoms with Gasteiger partial charge < -0.3 is 0 Å². The van der Waals surface area contributed by atoms with E-state index in [1.165, 1.54) is 6.07 Å². The first kappa shape index (κ1) is 12.7. The fraction of sp³-hybridized carbons (Fsp3) is 0.125. The Balaban J connectivity index is 3.35. The van der Waals surface area contributed by atoms with Gasteiger partial charge in [-0.05, 0) is 12.1 Å². The zero-order valence-electron chi connectivity index (χ0n) is 7.56. The van der Waals surface area contributed by atoms with Crippen LogP contribution in [-0.2, 0) is 6.42 Å². The Labute approximate surface area is 87.0 Å². The highest BCUT2D eigenvalue weighted by Gasteiger charge is 2.65. The molecule has 1 nitrogen and oxygen atoms in total. The minimum atomic E-state index is -9.84. The second kappa shape index (κ2) is 2.85. The zero-order valence-corrected chi connectivity index (χ0v) is 8.38. The largest absolute Gasteiger partial charge is 0.310 e. The highest BCUT2D eigenvalue weighted by atomic mass is 32.5. The molecule has 8 heteroatoms. The van der Waals surface area contributed by atoms with Gasteiger partial charge in [0.05, 0.1) is 12.5 Å². The van der Waals surface area contributed by atoms with Gasteiger partial charge in [0.1, 0.15) is 10.7 Å². The fourth-order valence-electron chi connectivity index (χ4n) is 0.997. The van der Waals surface area contributed by atoms with Crippen molar-refractivity contribution in [1.82, 2.24) is 0 Å². The van der Waals surface area contributed by atoms with Crippen LogP contribution in [0.2, 0.25) is 0 Å². The molecule has 0 amide bonds. The van der Waals surface area contributed by atoms with Gasteiger partial charge in [0.2, 0.25) is 0 Å². The number of nitrogens with zero attached hydrogens (tertiary/aromatic N) is 1. The van der Waals surface area contributed by atoms with E-state index >= 15 is 0 Å². The number of rotatable bonds is 2. The predicted octanol–water partition coefficient (Wildman–Crippen LogP) is 4.55. The number of nitriles is 1. The van der Waals surface area contributed by atoms with Crippen LogP contribution in [0.1, 0.15) is 5.56 Å². The molecule has 90 valence electrons. The van der Waals surface area contributed by atoms with Crippen molar-refractivity contribution in [3.8, 4) is 6.07 Å². The summed E-state index contributed by atoms with van der Waals surface area (Å²) in [6, 6.07) is 1.83. The normalized spacial score (nSPS) is 16.1. The van der Waals surface area contributed by atoms with E-state index in [-0.39, 0.29) is 17.7 Å². The summed E-state index contributed by atoms with van der Waals surface area (Å²) in [7, 11) is -9.84. The maximum Gasteiger partial charge on any atom is 0.310 e. The summed E-state index contributed by atoms with van der Waals surface area (Å²) in [6.45, 7) is 0. The molecule has 1 aromatic rings. The van der Waals surface area contributed by atoms with Gasteiger partial charge >= 0.3 is 10.2 Å². The summed E-state index contributed by atoms with van der Waals surface area (Å²) in [5.41, 5.74) is -0.354. The van der Waals surface area contributed by atoms with E-state index in [1.54, 1.807) is 0 Å². The lowest BCUT2D eigenvalue weighted by Gasteiger charge is -2.40. The summed E-state index contributed by atoms with van der Waals surface area (Å²) in [4.78, 5) is -2.29. The SMILES string of the molecule is N#CCc1ccc(S(F)(F)(F)(F)F)cc1F. The maximum atomic E-state index is 12.9. The molecule has 0 saturated heterocycles. The maximum absolute atomic E-state index is 12.9. The van der Waals surface area contributed by atoms with Crippen molar-refractivity contribution in [2.75, 3.05) is 0 Å². The summed E-state index contributed by atoms with van der Waals surface area (Å²) in [6.07, 6.45) is -0.480. The van der Waals surface area contributed by atoms with E-state index in [0.29, 0.717) is 6.07 Å². The monoisotopic (exact) mass is 261 g/mol. The van der Waals surface area contributed by atoms with Crippen LogP contribution in [0.15, 0.2) is 23.1 Å². The van der Waals surface area contributed by atoms with Gasteiger partial charge in [-0.2, -0.15) is 5.26 Å². The third-order valence-corrected chi connectivity index (χ3v) is 2.88. The lowest BCUT2D eigenvalue weighted by Crippen LogP contribution is -2.07. The number of hydrogen-bond donors (Lipinski definition) is 0. The van der Waals surface area contributed by atoms with Crippen LogP contribution < -0.4 is 0 Å². The quantitative estimate of drug-likeness (QED) is 0.716. The molecule has 0 saturated carbocycles. The van der Waals surface area contributed by atoms with E-state index in [4.69, 9.17) is 5.26 Å². The standard InChI is InChI=1S/C8H5F6NS/c9-8-5-7(16(10,11,12,13)14)2-1-6(8)3-4-15/h1-2,5H,3H2. The fourth-order valence-corrected chi connectivity index (χ4v) is 1.65. The topological polar surface area (TPSA) is 23.8 Å². The van der Waals surface area contributed by atoms with Crippen LogP contribution in [0.25, 0.3) is 0 Å². The van der Waals surface area contributed by atoms with Crippen LogP contribution in [0.4, 0.5) is 23.8 Å². The van der Waals surface area contributed by atoms with E-state index < -0.39 is 27.4 Å². The zero-order chi connectivity index (χ0) is 12.7. The highest BCUT2D eigenvalue weighted by Crippen LogP contribution is 3.02. The van der Waals surface area contributed by atoms with Crippen molar-refractivity contribution in [2.45, 2.75) is 11.3 Å². The third-order valence-electron chi connectivity index (χ3n) is 1.74. The molecule has 1 aromatic carbocycles. The lowest BCUT2D eigenvalue weighted by atomic mass is 10.1. The van der Waals surface area contributed by atoms with Crippen molar-refractivity contribution in [3.05, 3.63) is 29.6 Å². The van der Waals surface area contributed by atoms with Gasteiger partial charge in [0.15, 0.2) is 0 Å². The van der Waals surface area contributed by atoms with Crippen molar-refractivity contribution >= 4 is 10.2 Å². The van der Waals surface area contributed by atoms with Gasteiger partial charge in [0, 0.05) is 5.56 Å². The Morgan fingerprint density at radius 3 is 2.06 bits per heavy atom. The predicted molar refractivity (Wildman–Crippen MR) is 47.1 cm³/mol. The first-order chi connectivity index (χ1) is 6.94. The summed E-state index contributed by atoms with van der Waals surface area (Å²) in [5, 5.41) is 8.20. The van der Waals surface area contributed by atoms with E-state index in [9.17, 15) is 23.8 Å². The first-order valence-corrected chi connectivity index (χ1v) is 5.78. The van der Waals surface area contributed by atoms with Crippen molar-refractivity contribution in [3.63, 3.8) is 0 Å². The van der Waals surface area contributed by atoms with Gasteiger partial charge in [-0.3, -0.25) is 0 Å². The van der Waals surface area contributed by atoms with Crippen molar-refractivity contribution < 1.29 is 23.8 Å². The van der Waals surface area contributed by atoms with E-state index in [0.717, 1.165) is 0 Å². The molecule has 0 aliphatic rings. The molecule has 0 radical (unpaired) electrons. The van der Waals surface area contributed by atoms with Crippen LogP contribution in [-0.4, -0.2) is 0 Å². The smallest absolute Gasteiger partial charge is 0.207 e. The second-order valence-corrected chi connectivity index (χ2v) is 5.47. The Morgan fingerprint density at radius 2 is 1.69 bits per heavy atom. The molecule has 0 bridgehead atoms. The summed E-state index contributed by atoms with van der Waals surface area (Å²) in [5.74, 6) is -1.47. The van der Waals surface area contributed by atoms with Crippen LogP contribution in [0, 0.1) is 17.1 Å². The highest BCUT2D eigenvalue weighted by molar-refractivity contribution is 8.45. The summed E-state index contributed by atoms with van der Waals surface area (Å²) < 4.78 is 74.0. The van der Waals surface area contributed by atoms with Crippen LogP contribution in [0.5, 0.6) is 0 Å². The molecule has 0 aliphatic carbocycles. The average Bonchev–Trinajstić information content (AvgIpc) is 2.04. The molecule has 0 spiro atoms. The molecule has 0 aliphatic heterocycles. The molecule has 16 heavy (non-hydrogen) atoms. The number of benzene rings is 1. The van der Waals surface area contributed by atoms with Gasteiger partial charge in [-0.25, -0.2) is 4.39 Å². The Hall–Kier alpha value is -1.36. The lowest BCUT2D eigenvalue weighted by molar-refractivity contribution is 0.363. The average molecular weight is 261 g/mol. The van der Waals surface area contributed by atoms with Crippen LogP contribution >= 0.6 is 10.2 Å². The van der Waals surface area contributed by atoms with Gasteiger partial charge in [0.25, 0.3) is 0 Å². The van der Waals surface area contributed by atoms with Gasteiger partial charge in [-0.15, -0.1) is 0 Å². The Kier molecular flexibility index (Phi) is 2.27. The molecule has 1 rings (SSSR count). The molecule has 0 N–H and O–H groups in total. The Morgan fingerprint density at radius 1 is 1.12 bits per heavy atom. The van der Waals surface area contributed by atoms with E-state index in [2.05, 4.69) is 0 Å². The minimum absolute atomic E-state index is 0.0807. The molecule has 0 aromatic heterocycles. The molecule has 0 atom stereocenters. The third kappa shape index (κ3) is 2.82. The molecular weight excluding hydrogens is 256 g/mol. The summed E-state index contributed by atoms with van der Waals surface area (Å²) >= 11 is 0. The number of halogens is 6.